The van der Waals surface area contributed by atoms with E-state index < -0.39 is 18.3 Å². The average Bonchev–Trinajstić information content (AvgIpc) is 2.67. The summed E-state index contributed by atoms with van der Waals surface area (Å²) >= 11 is 0. The van der Waals surface area contributed by atoms with Crippen LogP contribution in [0.2, 0.25) is 0 Å². The molecule has 1 aliphatic rings. The van der Waals surface area contributed by atoms with Gasteiger partial charge in [0.2, 0.25) is 5.96 Å². The maximum absolute atomic E-state index is 6.05. The fraction of sp³-hybridized carbons (Fsp3) is 0.467. The van der Waals surface area contributed by atoms with Crippen LogP contribution >= 0.6 is 0 Å². The molecule has 0 aliphatic carbocycles. The lowest BCUT2D eigenvalue weighted by molar-refractivity contribution is 0.00578. The van der Waals surface area contributed by atoms with Gasteiger partial charge < -0.3 is 25.5 Å². The molecule has 1 aromatic rings. The summed E-state index contributed by atoms with van der Waals surface area (Å²) in [5.74, 6) is 0.544. The van der Waals surface area contributed by atoms with E-state index in [4.69, 9.17) is 25.5 Å². The van der Waals surface area contributed by atoms with Crippen molar-refractivity contribution in [2.75, 3.05) is 7.11 Å². The van der Waals surface area contributed by atoms with Crippen molar-refractivity contribution in [2.45, 2.75) is 38.9 Å². The monoisotopic (exact) mass is 318 g/mol. The van der Waals surface area contributed by atoms with E-state index in [9.17, 15) is 0 Å². The van der Waals surface area contributed by atoms with Gasteiger partial charge in [0.25, 0.3) is 0 Å². The predicted octanol–water partition coefficient (Wildman–Crippen LogP) is 0.602. The molecule has 124 valence electrons. The van der Waals surface area contributed by atoms with Crippen LogP contribution < -0.4 is 21.7 Å². The Morgan fingerprint density at radius 1 is 1.17 bits per heavy atom. The Balaban J connectivity index is 2.32. The summed E-state index contributed by atoms with van der Waals surface area (Å²) < 4.78 is 17.4. The van der Waals surface area contributed by atoms with E-state index in [1.165, 1.54) is 6.21 Å². The number of methoxy groups -OCH3 is 1. The Labute approximate surface area is 136 Å². The van der Waals surface area contributed by atoms with E-state index in [-0.39, 0.29) is 5.96 Å². The van der Waals surface area contributed by atoms with E-state index in [2.05, 4.69) is 10.2 Å². The SMILES string of the molecule is COc1ccc(B2OC(C)(C)C(C)(C)O2)cc1C=NN=C(N)N. The second-order valence-electron chi connectivity index (χ2n) is 6.36. The molecular weight excluding hydrogens is 295 g/mol. The summed E-state index contributed by atoms with van der Waals surface area (Å²) in [7, 11) is 1.13. The molecule has 0 unspecified atom stereocenters. The number of hydrogen-bond acceptors (Lipinski definition) is 5. The number of nitrogens with two attached hydrogens (primary N) is 2. The zero-order valence-corrected chi connectivity index (χ0v) is 14.2. The van der Waals surface area contributed by atoms with Gasteiger partial charge in [0.15, 0.2) is 0 Å². The van der Waals surface area contributed by atoms with Crippen LogP contribution in [0.3, 0.4) is 0 Å². The Morgan fingerprint density at radius 3 is 2.30 bits per heavy atom. The van der Waals surface area contributed by atoms with E-state index in [1.54, 1.807) is 7.11 Å². The molecule has 1 aliphatic heterocycles. The van der Waals surface area contributed by atoms with Gasteiger partial charge in [-0.15, -0.1) is 5.10 Å². The second kappa shape index (κ2) is 6.21. The van der Waals surface area contributed by atoms with Gasteiger partial charge in [0, 0.05) is 5.56 Å². The summed E-state index contributed by atoms with van der Waals surface area (Å²) in [6.45, 7) is 8.05. The predicted molar refractivity (Wildman–Crippen MR) is 92.1 cm³/mol. The van der Waals surface area contributed by atoms with Crippen LogP contribution in [0.1, 0.15) is 33.3 Å². The maximum atomic E-state index is 6.05. The molecule has 0 aromatic heterocycles. The van der Waals surface area contributed by atoms with E-state index >= 15 is 0 Å². The minimum atomic E-state index is -0.457. The fourth-order valence-electron chi connectivity index (χ4n) is 2.14. The van der Waals surface area contributed by atoms with Crippen LogP contribution in [0.15, 0.2) is 28.4 Å². The molecule has 0 bridgehead atoms. The van der Waals surface area contributed by atoms with Gasteiger partial charge in [0.05, 0.1) is 24.5 Å². The third-order valence-electron chi connectivity index (χ3n) is 4.15. The molecule has 8 heteroatoms. The van der Waals surface area contributed by atoms with Crippen molar-refractivity contribution in [1.82, 2.24) is 0 Å². The first-order valence-electron chi connectivity index (χ1n) is 7.32. The van der Waals surface area contributed by atoms with E-state index in [0.29, 0.717) is 5.75 Å². The van der Waals surface area contributed by atoms with Crippen LogP contribution in [0.5, 0.6) is 5.75 Å². The van der Waals surface area contributed by atoms with Crippen molar-refractivity contribution in [1.29, 1.82) is 0 Å². The fourth-order valence-corrected chi connectivity index (χ4v) is 2.14. The number of ether oxygens (including phenoxy) is 1. The minimum Gasteiger partial charge on any atom is -0.496 e. The second-order valence-corrected chi connectivity index (χ2v) is 6.36. The first-order chi connectivity index (χ1) is 10.7. The molecule has 1 aromatic carbocycles. The van der Waals surface area contributed by atoms with Gasteiger partial charge in [-0.1, -0.05) is 6.07 Å². The molecule has 1 saturated heterocycles. The van der Waals surface area contributed by atoms with Crippen molar-refractivity contribution < 1.29 is 14.0 Å². The molecule has 1 heterocycles. The molecular formula is C15H23BN4O3. The van der Waals surface area contributed by atoms with Gasteiger partial charge in [-0.25, -0.2) is 0 Å². The van der Waals surface area contributed by atoms with Gasteiger partial charge in [-0.3, -0.25) is 0 Å². The third-order valence-corrected chi connectivity index (χ3v) is 4.15. The third kappa shape index (κ3) is 3.65. The Bertz CT molecular complexity index is 624. The summed E-state index contributed by atoms with van der Waals surface area (Å²) in [5, 5.41) is 7.42. The maximum Gasteiger partial charge on any atom is 0.494 e. The van der Waals surface area contributed by atoms with Crippen LogP contribution in [0.25, 0.3) is 0 Å². The Hall–Kier alpha value is -2.06. The van der Waals surface area contributed by atoms with Gasteiger partial charge in [-0.2, -0.15) is 5.10 Å². The minimum absolute atomic E-state index is 0.109. The highest BCUT2D eigenvalue weighted by Crippen LogP contribution is 2.36. The number of nitrogens with zero attached hydrogens (tertiary/aromatic N) is 2. The topological polar surface area (TPSA) is 104 Å². The first-order valence-corrected chi connectivity index (χ1v) is 7.32. The summed E-state index contributed by atoms with van der Waals surface area (Å²) in [6, 6.07) is 5.61. The normalized spacial score (nSPS) is 19.1. The Kier molecular flexibility index (Phi) is 4.67. The standard InChI is InChI=1S/C15H23BN4O3/c1-14(2)15(3,4)23-16(22-14)11-6-7-12(21-5)10(8-11)9-19-20-13(17)18/h6-9H,1-5H3,(H4,17,18,20). The number of guanidine groups is 1. The van der Waals surface area contributed by atoms with Crippen molar-refractivity contribution in [3.63, 3.8) is 0 Å². The molecule has 7 nitrogen and oxygen atoms in total. The molecule has 2 rings (SSSR count). The molecule has 1 fully saturated rings. The molecule has 4 N–H and O–H groups in total. The molecule has 23 heavy (non-hydrogen) atoms. The van der Waals surface area contributed by atoms with Gasteiger partial charge >= 0.3 is 7.12 Å². The van der Waals surface area contributed by atoms with Crippen molar-refractivity contribution in [2.24, 2.45) is 21.7 Å². The van der Waals surface area contributed by atoms with E-state index in [0.717, 1.165) is 11.0 Å². The van der Waals surface area contributed by atoms with Crippen LogP contribution in [-0.4, -0.2) is 37.6 Å². The van der Waals surface area contributed by atoms with E-state index in [1.807, 2.05) is 45.9 Å². The van der Waals surface area contributed by atoms with Crippen LogP contribution in [0.4, 0.5) is 0 Å². The molecule has 0 radical (unpaired) electrons. The zero-order valence-electron chi connectivity index (χ0n) is 14.2. The Morgan fingerprint density at radius 2 is 1.78 bits per heavy atom. The summed E-state index contributed by atoms with van der Waals surface area (Å²) in [4.78, 5) is 0. The summed E-state index contributed by atoms with van der Waals surface area (Å²) in [6.07, 6.45) is 1.52. The number of benzene rings is 1. The molecule has 0 saturated carbocycles. The highest BCUT2D eigenvalue weighted by atomic mass is 16.7. The van der Waals surface area contributed by atoms with Crippen LogP contribution in [-0.2, 0) is 9.31 Å². The number of rotatable bonds is 4. The number of hydrogen-bond donors (Lipinski definition) is 2. The summed E-state index contributed by atoms with van der Waals surface area (Å²) in [5.41, 5.74) is 11.3. The first kappa shape index (κ1) is 17.3. The lowest BCUT2D eigenvalue weighted by Gasteiger charge is -2.32. The van der Waals surface area contributed by atoms with Crippen molar-refractivity contribution >= 4 is 24.8 Å². The largest absolute Gasteiger partial charge is 0.496 e. The van der Waals surface area contributed by atoms with Crippen molar-refractivity contribution in [3.05, 3.63) is 23.8 Å². The van der Waals surface area contributed by atoms with Gasteiger partial charge in [-0.05, 0) is 45.3 Å². The smallest absolute Gasteiger partial charge is 0.494 e. The molecule has 0 amide bonds. The molecule has 0 spiro atoms. The lowest BCUT2D eigenvalue weighted by Crippen LogP contribution is -2.41. The lowest BCUT2D eigenvalue weighted by atomic mass is 9.78. The van der Waals surface area contributed by atoms with Crippen molar-refractivity contribution in [3.8, 4) is 5.75 Å². The highest BCUT2D eigenvalue weighted by molar-refractivity contribution is 6.62. The average molecular weight is 318 g/mol. The highest BCUT2D eigenvalue weighted by Gasteiger charge is 2.51. The zero-order chi connectivity index (χ0) is 17.3. The molecule has 0 atom stereocenters. The van der Waals surface area contributed by atoms with Gasteiger partial charge in [0.1, 0.15) is 5.75 Å². The quantitative estimate of drug-likeness (QED) is 0.366. The van der Waals surface area contributed by atoms with Crippen LogP contribution in [0, 0.1) is 0 Å².